The highest BCUT2D eigenvalue weighted by Crippen LogP contribution is 2.42. The molecule has 9 nitrogen and oxygen atoms in total. The van der Waals surface area contributed by atoms with Gasteiger partial charge in [-0.05, 0) is 43.7 Å². The highest BCUT2D eigenvalue weighted by molar-refractivity contribution is 6.07. The maximum atomic E-state index is 12.5. The third-order valence-electron chi connectivity index (χ3n) is 6.07. The van der Waals surface area contributed by atoms with Crippen molar-refractivity contribution in [3.63, 3.8) is 0 Å². The van der Waals surface area contributed by atoms with Crippen LogP contribution in [0.4, 0.5) is 17.3 Å². The van der Waals surface area contributed by atoms with Crippen molar-refractivity contribution in [2.24, 2.45) is 0 Å². The molecule has 3 aromatic rings. The van der Waals surface area contributed by atoms with Crippen molar-refractivity contribution in [1.82, 2.24) is 24.8 Å². The summed E-state index contributed by atoms with van der Waals surface area (Å²) in [6.45, 7) is 6.36. The molecule has 2 amide bonds. The molecule has 1 aromatic carbocycles. The molecule has 2 aromatic heterocycles. The predicted octanol–water partition coefficient (Wildman–Crippen LogP) is 1.66. The fourth-order valence-corrected chi connectivity index (χ4v) is 4.38. The van der Waals surface area contributed by atoms with Crippen LogP contribution in [0.25, 0.3) is 5.65 Å². The Kier molecular flexibility index (Phi) is 4.44. The van der Waals surface area contributed by atoms with E-state index < -0.39 is 5.41 Å². The maximum absolute atomic E-state index is 12.5. The Bertz CT molecular complexity index is 1200. The number of rotatable bonds is 4. The van der Waals surface area contributed by atoms with E-state index in [9.17, 15) is 9.59 Å². The maximum Gasteiger partial charge on any atom is 0.247 e. The summed E-state index contributed by atoms with van der Waals surface area (Å²) in [5.74, 6) is 0.610. The van der Waals surface area contributed by atoms with Gasteiger partial charge in [0.05, 0.1) is 17.7 Å². The standard InChI is InChI=1S/C22H25N7O2/c1-22(2)16-8-7-14(11-17(16)27(3)20(22)31)24-21-25-18-6-4-5-15(29(18)26-21)12-28-10-9-23-19(30)13-28/h4-8,11H,9-10,12-13H2,1-3H3,(H,23,30)(H,24,26). The van der Waals surface area contributed by atoms with Gasteiger partial charge in [0.1, 0.15) is 0 Å². The fraction of sp³-hybridized carbons (Fsp3) is 0.364. The average molecular weight is 419 g/mol. The minimum atomic E-state index is -0.524. The van der Waals surface area contributed by atoms with Crippen molar-refractivity contribution in [2.75, 3.05) is 36.9 Å². The first-order valence-corrected chi connectivity index (χ1v) is 10.4. The van der Waals surface area contributed by atoms with Gasteiger partial charge in [-0.15, -0.1) is 5.10 Å². The largest absolute Gasteiger partial charge is 0.354 e. The topological polar surface area (TPSA) is 94.9 Å². The van der Waals surface area contributed by atoms with Gasteiger partial charge in [0.2, 0.25) is 17.8 Å². The zero-order chi connectivity index (χ0) is 21.8. The number of carbonyl (C=O) groups excluding carboxylic acids is 2. The molecule has 0 unspecified atom stereocenters. The third kappa shape index (κ3) is 3.31. The summed E-state index contributed by atoms with van der Waals surface area (Å²) in [4.78, 5) is 32.6. The summed E-state index contributed by atoms with van der Waals surface area (Å²) in [5.41, 5.74) is 3.91. The number of amides is 2. The summed E-state index contributed by atoms with van der Waals surface area (Å²) in [6.07, 6.45) is 0. The molecule has 0 saturated carbocycles. The molecule has 160 valence electrons. The fourth-order valence-electron chi connectivity index (χ4n) is 4.38. The van der Waals surface area contributed by atoms with Gasteiger partial charge in [0.15, 0.2) is 5.65 Å². The van der Waals surface area contributed by atoms with Crippen molar-refractivity contribution < 1.29 is 9.59 Å². The van der Waals surface area contributed by atoms with Gasteiger partial charge in [-0.1, -0.05) is 12.1 Å². The summed E-state index contributed by atoms with van der Waals surface area (Å²) in [6, 6.07) is 11.7. The normalized spacial score (nSPS) is 18.4. The number of carbonyl (C=O) groups is 2. The Hall–Kier alpha value is -3.46. The minimum absolute atomic E-state index is 0.0441. The summed E-state index contributed by atoms with van der Waals surface area (Å²) >= 11 is 0. The number of nitrogens with zero attached hydrogens (tertiary/aromatic N) is 5. The number of hydrogen-bond acceptors (Lipinski definition) is 6. The van der Waals surface area contributed by atoms with Crippen LogP contribution in [0.3, 0.4) is 0 Å². The monoisotopic (exact) mass is 419 g/mol. The second-order valence-electron chi connectivity index (χ2n) is 8.63. The summed E-state index contributed by atoms with van der Waals surface area (Å²) < 4.78 is 1.81. The highest BCUT2D eigenvalue weighted by atomic mass is 16.2. The number of benzene rings is 1. The van der Waals surface area contributed by atoms with Gasteiger partial charge in [-0.2, -0.15) is 4.98 Å². The van der Waals surface area contributed by atoms with Gasteiger partial charge < -0.3 is 15.5 Å². The number of nitrogens with one attached hydrogen (secondary N) is 2. The third-order valence-corrected chi connectivity index (χ3v) is 6.07. The van der Waals surface area contributed by atoms with Crippen LogP contribution >= 0.6 is 0 Å². The van der Waals surface area contributed by atoms with Gasteiger partial charge >= 0.3 is 0 Å². The zero-order valence-electron chi connectivity index (χ0n) is 17.8. The van der Waals surface area contributed by atoms with Gasteiger partial charge in [-0.25, -0.2) is 4.52 Å². The quantitative estimate of drug-likeness (QED) is 0.668. The number of aromatic nitrogens is 3. The van der Waals surface area contributed by atoms with E-state index in [1.807, 2.05) is 50.2 Å². The lowest BCUT2D eigenvalue weighted by atomic mass is 9.86. The number of anilines is 3. The second-order valence-corrected chi connectivity index (χ2v) is 8.63. The molecule has 0 atom stereocenters. The van der Waals surface area contributed by atoms with Crippen LogP contribution in [0.1, 0.15) is 25.1 Å². The molecule has 0 spiro atoms. The molecule has 1 fully saturated rings. The van der Waals surface area contributed by atoms with Crippen LogP contribution in [0.15, 0.2) is 36.4 Å². The lowest BCUT2D eigenvalue weighted by Gasteiger charge is -2.26. The number of hydrogen-bond donors (Lipinski definition) is 2. The van der Waals surface area contributed by atoms with Gasteiger partial charge in [0, 0.05) is 38.1 Å². The lowest BCUT2D eigenvalue weighted by Crippen LogP contribution is -2.47. The zero-order valence-corrected chi connectivity index (χ0v) is 17.8. The molecule has 2 aliphatic rings. The van der Waals surface area contributed by atoms with Gasteiger partial charge in [-0.3, -0.25) is 14.5 Å². The van der Waals surface area contributed by atoms with E-state index in [0.717, 1.165) is 34.8 Å². The van der Waals surface area contributed by atoms with Crippen molar-refractivity contribution in [3.8, 4) is 0 Å². The first kappa shape index (κ1) is 19.5. The van der Waals surface area contributed by atoms with E-state index in [0.29, 0.717) is 25.6 Å². The smallest absolute Gasteiger partial charge is 0.247 e. The Labute approximate surface area is 180 Å². The minimum Gasteiger partial charge on any atom is -0.354 e. The number of piperazine rings is 1. The number of likely N-dealkylation sites (N-methyl/N-ethyl adjacent to an activating group) is 1. The van der Waals surface area contributed by atoms with Crippen LogP contribution in [0.2, 0.25) is 0 Å². The van der Waals surface area contributed by atoms with Crippen molar-refractivity contribution in [1.29, 1.82) is 0 Å². The van der Waals surface area contributed by atoms with Crippen LogP contribution in [-0.2, 0) is 21.5 Å². The molecule has 1 saturated heterocycles. The predicted molar refractivity (Wildman–Crippen MR) is 117 cm³/mol. The molecular formula is C22H25N7O2. The second kappa shape index (κ2) is 7.05. The van der Waals surface area contributed by atoms with Crippen LogP contribution < -0.4 is 15.5 Å². The van der Waals surface area contributed by atoms with E-state index in [2.05, 4.69) is 25.6 Å². The van der Waals surface area contributed by atoms with E-state index >= 15 is 0 Å². The molecule has 31 heavy (non-hydrogen) atoms. The van der Waals surface area contributed by atoms with Crippen LogP contribution in [0, 0.1) is 0 Å². The molecule has 0 aliphatic carbocycles. The SMILES string of the molecule is CN1C(=O)C(C)(C)c2ccc(Nc3nc4cccc(CN5CCNC(=O)C5)n4n3)cc21. The Balaban J connectivity index is 1.41. The molecule has 4 heterocycles. The molecule has 2 N–H and O–H groups in total. The molecule has 2 aliphatic heterocycles. The molecule has 0 bridgehead atoms. The lowest BCUT2D eigenvalue weighted by molar-refractivity contribution is -0.124. The average Bonchev–Trinajstić information content (AvgIpc) is 3.22. The van der Waals surface area contributed by atoms with Crippen LogP contribution in [-0.4, -0.2) is 58.0 Å². The Morgan fingerprint density at radius 3 is 2.84 bits per heavy atom. The first-order chi connectivity index (χ1) is 14.8. The van der Waals surface area contributed by atoms with Gasteiger partial charge in [0.25, 0.3) is 0 Å². The molecule has 5 rings (SSSR count). The number of fused-ring (bicyclic) bond motifs is 2. The Morgan fingerprint density at radius 2 is 2.03 bits per heavy atom. The summed E-state index contributed by atoms with van der Waals surface area (Å²) in [5, 5.41) is 10.7. The molecule has 9 heteroatoms. The molecular weight excluding hydrogens is 394 g/mol. The highest BCUT2D eigenvalue weighted by Gasteiger charge is 2.42. The summed E-state index contributed by atoms with van der Waals surface area (Å²) in [7, 11) is 1.80. The van der Waals surface area contributed by atoms with E-state index in [1.165, 1.54) is 0 Å². The van der Waals surface area contributed by atoms with Crippen LogP contribution in [0.5, 0.6) is 0 Å². The van der Waals surface area contributed by atoms with Crippen molar-refractivity contribution >= 4 is 34.8 Å². The number of pyridine rings is 1. The van der Waals surface area contributed by atoms with Crippen molar-refractivity contribution in [2.45, 2.75) is 25.8 Å². The van der Waals surface area contributed by atoms with E-state index in [1.54, 1.807) is 16.5 Å². The van der Waals surface area contributed by atoms with E-state index in [4.69, 9.17) is 0 Å². The van der Waals surface area contributed by atoms with Crippen molar-refractivity contribution in [3.05, 3.63) is 47.7 Å². The first-order valence-electron chi connectivity index (χ1n) is 10.4. The molecule has 0 radical (unpaired) electrons. The Morgan fingerprint density at radius 1 is 1.19 bits per heavy atom. The van der Waals surface area contributed by atoms with E-state index in [-0.39, 0.29) is 11.8 Å².